The molecule has 4 amide bonds. The number of carbonyl (C=O) groups excluding carboxylic acids is 4. The Balaban J connectivity index is 1.50. The number of rotatable bonds is 2. The van der Waals surface area contributed by atoms with E-state index in [1.165, 1.54) is 28.9 Å². The highest BCUT2D eigenvalue weighted by Crippen LogP contribution is 2.29. The Kier molecular flexibility index (Phi) is 4.94. The fraction of sp³-hybridized carbons (Fsp3) is 0.474. The average Bonchev–Trinajstić information content (AvgIpc) is 3.25. The SMILES string of the molecule is CC(=O)N1CC[C@@H]2NC(=O)[C@H]3C[C@H](NC(=O)c4ccc(F)c(Cl)c4)CN3C(=O)[C@H]21. The molecule has 4 atom stereocenters. The lowest BCUT2D eigenvalue weighted by Gasteiger charge is -2.28. The molecule has 2 N–H and O–H groups in total. The molecule has 3 fully saturated rings. The van der Waals surface area contributed by atoms with E-state index in [4.69, 9.17) is 11.6 Å². The molecule has 1 aromatic carbocycles. The first-order valence-electron chi connectivity index (χ1n) is 9.40. The van der Waals surface area contributed by atoms with E-state index in [0.717, 1.165) is 6.07 Å². The second-order valence-corrected chi connectivity index (χ2v) is 8.01. The van der Waals surface area contributed by atoms with Crippen molar-refractivity contribution < 1.29 is 23.6 Å². The summed E-state index contributed by atoms with van der Waals surface area (Å²) in [4.78, 5) is 53.1. The normalized spacial score (nSPS) is 28.5. The third-order valence-electron chi connectivity index (χ3n) is 5.79. The van der Waals surface area contributed by atoms with Crippen molar-refractivity contribution in [3.8, 4) is 0 Å². The summed E-state index contributed by atoms with van der Waals surface area (Å²) >= 11 is 5.73. The van der Waals surface area contributed by atoms with Gasteiger partial charge >= 0.3 is 0 Å². The molecule has 10 heteroatoms. The lowest BCUT2D eigenvalue weighted by Crippen LogP contribution is -2.52. The van der Waals surface area contributed by atoms with Crippen LogP contribution in [0.25, 0.3) is 0 Å². The maximum Gasteiger partial charge on any atom is 0.251 e. The van der Waals surface area contributed by atoms with Gasteiger partial charge in [-0.2, -0.15) is 0 Å². The lowest BCUT2D eigenvalue weighted by atomic mass is 10.1. The zero-order chi connectivity index (χ0) is 20.9. The molecule has 3 aliphatic heterocycles. The van der Waals surface area contributed by atoms with Crippen LogP contribution in [0.15, 0.2) is 18.2 Å². The summed E-state index contributed by atoms with van der Waals surface area (Å²) in [5.41, 5.74) is 0.188. The quantitative estimate of drug-likeness (QED) is 0.716. The van der Waals surface area contributed by atoms with Crippen molar-refractivity contribution in [2.24, 2.45) is 0 Å². The van der Waals surface area contributed by atoms with Crippen LogP contribution in [0.5, 0.6) is 0 Å². The number of benzene rings is 1. The van der Waals surface area contributed by atoms with Crippen LogP contribution in [0.2, 0.25) is 5.02 Å². The molecular formula is C19H20ClFN4O4. The Bertz CT molecular complexity index is 910. The third-order valence-corrected chi connectivity index (χ3v) is 6.08. The van der Waals surface area contributed by atoms with E-state index in [2.05, 4.69) is 10.6 Å². The highest BCUT2D eigenvalue weighted by atomic mass is 35.5. The summed E-state index contributed by atoms with van der Waals surface area (Å²) in [6.45, 7) is 1.98. The molecule has 0 saturated carbocycles. The van der Waals surface area contributed by atoms with E-state index in [1.54, 1.807) is 0 Å². The topological polar surface area (TPSA) is 98.8 Å². The highest BCUT2D eigenvalue weighted by molar-refractivity contribution is 6.31. The monoisotopic (exact) mass is 422 g/mol. The van der Waals surface area contributed by atoms with Gasteiger partial charge in [-0.25, -0.2) is 4.39 Å². The predicted octanol–water partition coefficient (Wildman–Crippen LogP) is 0.298. The molecule has 0 unspecified atom stereocenters. The summed E-state index contributed by atoms with van der Waals surface area (Å²) < 4.78 is 13.3. The van der Waals surface area contributed by atoms with Gasteiger partial charge in [-0.3, -0.25) is 19.2 Å². The molecule has 154 valence electrons. The smallest absolute Gasteiger partial charge is 0.251 e. The van der Waals surface area contributed by atoms with Gasteiger partial charge in [0.05, 0.1) is 11.1 Å². The van der Waals surface area contributed by atoms with Crippen LogP contribution in [0.1, 0.15) is 30.1 Å². The molecule has 0 radical (unpaired) electrons. The molecule has 3 saturated heterocycles. The second kappa shape index (κ2) is 7.29. The summed E-state index contributed by atoms with van der Waals surface area (Å²) in [7, 11) is 0. The van der Waals surface area contributed by atoms with Crippen LogP contribution >= 0.6 is 11.6 Å². The van der Waals surface area contributed by atoms with Crippen molar-refractivity contribution in [1.82, 2.24) is 20.4 Å². The largest absolute Gasteiger partial charge is 0.349 e. The minimum Gasteiger partial charge on any atom is -0.349 e. The zero-order valence-electron chi connectivity index (χ0n) is 15.7. The van der Waals surface area contributed by atoms with Crippen LogP contribution in [0.3, 0.4) is 0 Å². The molecule has 3 aliphatic rings. The molecule has 0 spiro atoms. The molecule has 0 bridgehead atoms. The Hall–Kier alpha value is -2.68. The maximum atomic E-state index is 13.3. The van der Waals surface area contributed by atoms with Crippen LogP contribution in [-0.4, -0.2) is 70.7 Å². The number of amides is 4. The van der Waals surface area contributed by atoms with Crippen LogP contribution in [-0.2, 0) is 14.4 Å². The molecule has 4 rings (SSSR count). The first kappa shape index (κ1) is 19.6. The maximum absolute atomic E-state index is 13.3. The van der Waals surface area contributed by atoms with Gasteiger partial charge < -0.3 is 20.4 Å². The highest BCUT2D eigenvalue weighted by Gasteiger charge is 2.51. The molecule has 3 heterocycles. The molecular weight excluding hydrogens is 403 g/mol. The van der Waals surface area contributed by atoms with Gasteiger partial charge in [0.15, 0.2) is 0 Å². The van der Waals surface area contributed by atoms with E-state index < -0.39 is 29.8 Å². The Morgan fingerprint density at radius 3 is 2.76 bits per heavy atom. The van der Waals surface area contributed by atoms with Crippen LogP contribution < -0.4 is 10.6 Å². The lowest BCUT2D eigenvalue weighted by molar-refractivity contribution is -0.143. The van der Waals surface area contributed by atoms with E-state index in [1.807, 2.05) is 0 Å². The number of hydrogen-bond acceptors (Lipinski definition) is 4. The zero-order valence-corrected chi connectivity index (χ0v) is 16.4. The van der Waals surface area contributed by atoms with E-state index in [9.17, 15) is 23.6 Å². The molecule has 8 nitrogen and oxygen atoms in total. The Labute approximate surface area is 171 Å². The van der Waals surface area contributed by atoms with E-state index in [0.29, 0.717) is 13.0 Å². The number of nitrogens with one attached hydrogen (secondary N) is 2. The number of carbonyl (C=O) groups is 4. The third kappa shape index (κ3) is 3.43. The molecule has 29 heavy (non-hydrogen) atoms. The summed E-state index contributed by atoms with van der Waals surface area (Å²) in [5.74, 6) is -1.87. The number of halogens is 2. The van der Waals surface area contributed by atoms with E-state index in [-0.39, 0.29) is 47.3 Å². The minimum atomic E-state index is -0.716. The van der Waals surface area contributed by atoms with Crippen LogP contribution in [0.4, 0.5) is 4.39 Å². The van der Waals surface area contributed by atoms with Crippen molar-refractivity contribution in [2.45, 2.75) is 43.9 Å². The minimum absolute atomic E-state index is 0.159. The number of hydrogen-bond donors (Lipinski definition) is 2. The van der Waals surface area contributed by atoms with Gasteiger partial charge in [-0.15, -0.1) is 0 Å². The number of likely N-dealkylation sites (tertiary alicyclic amines) is 1. The fourth-order valence-corrected chi connectivity index (χ4v) is 4.57. The fourth-order valence-electron chi connectivity index (χ4n) is 4.39. The van der Waals surface area contributed by atoms with Gasteiger partial charge in [0.25, 0.3) is 5.91 Å². The predicted molar refractivity (Wildman–Crippen MR) is 101 cm³/mol. The molecule has 0 aromatic heterocycles. The second-order valence-electron chi connectivity index (χ2n) is 7.60. The Morgan fingerprint density at radius 2 is 2.07 bits per heavy atom. The van der Waals surface area contributed by atoms with Crippen molar-refractivity contribution >= 4 is 35.2 Å². The first-order valence-corrected chi connectivity index (χ1v) is 9.78. The molecule has 1 aromatic rings. The van der Waals surface area contributed by atoms with Gasteiger partial charge in [0, 0.05) is 31.6 Å². The summed E-state index contributed by atoms with van der Waals surface area (Å²) in [5, 5.41) is 5.50. The molecule has 0 aliphatic carbocycles. The number of fused-ring (bicyclic) bond motifs is 2. The standard InChI is InChI=1S/C19H20ClFN4O4/c1-9(26)24-5-4-14-16(24)19(29)25-8-11(7-15(25)18(28)23-14)22-17(27)10-2-3-13(21)12(20)6-10/h2-3,6,11,14-16H,4-5,7-8H2,1H3,(H,22,27)(H,23,28)/t11-,14-,15+,16-/m0/s1. The van der Waals surface area contributed by atoms with Crippen molar-refractivity contribution in [3.63, 3.8) is 0 Å². The van der Waals surface area contributed by atoms with Gasteiger partial charge in [0.1, 0.15) is 17.9 Å². The van der Waals surface area contributed by atoms with Gasteiger partial charge in [-0.05, 0) is 31.0 Å². The summed E-state index contributed by atoms with van der Waals surface area (Å²) in [6.07, 6.45) is 0.797. The van der Waals surface area contributed by atoms with Gasteiger partial charge in [-0.1, -0.05) is 11.6 Å². The van der Waals surface area contributed by atoms with Crippen molar-refractivity contribution in [3.05, 3.63) is 34.6 Å². The Morgan fingerprint density at radius 1 is 1.31 bits per heavy atom. The number of nitrogens with zero attached hydrogens (tertiary/aromatic N) is 2. The van der Waals surface area contributed by atoms with E-state index >= 15 is 0 Å². The van der Waals surface area contributed by atoms with Crippen molar-refractivity contribution in [1.29, 1.82) is 0 Å². The summed E-state index contributed by atoms with van der Waals surface area (Å²) in [6, 6.07) is 1.39. The first-order chi connectivity index (χ1) is 13.8. The average molecular weight is 423 g/mol. The van der Waals surface area contributed by atoms with Crippen LogP contribution in [0, 0.1) is 5.82 Å². The van der Waals surface area contributed by atoms with Crippen molar-refractivity contribution in [2.75, 3.05) is 13.1 Å². The van der Waals surface area contributed by atoms with Gasteiger partial charge in [0.2, 0.25) is 17.7 Å².